The number of Topliss-reactive ketones (excluding diaryl/α,β-unsaturated/α-hetero) is 1. The lowest BCUT2D eigenvalue weighted by Gasteiger charge is -2.04. The summed E-state index contributed by atoms with van der Waals surface area (Å²) in [6, 6.07) is 11.9. The van der Waals surface area contributed by atoms with E-state index in [9.17, 15) is 14.7 Å². The SMILES string of the molecule is COc1ccc(C(=O)C[n+]2cccc(-c3nc(C(=O)O)cc4[nH]cnc34)c2)cc1. The zero-order valence-corrected chi connectivity index (χ0v) is 15.5. The van der Waals surface area contributed by atoms with Crippen LogP contribution in [0.15, 0.2) is 61.2 Å². The number of ether oxygens (including phenoxy) is 1. The van der Waals surface area contributed by atoms with Crippen molar-refractivity contribution < 1.29 is 24.0 Å². The number of hydrogen-bond acceptors (Lipinski definition) is 5. The van der Waals surface area contributed by atoms with E-state index in [2.05, 4.69) is 15.0 Å². The summed E-state index contributed by atoms with van der Waals surface area (Å²) in [5.41, 5.74) is 2.74. The molecule has 0 spiro atoms. The number of methoxy groups -OCH3 is 1. The maximum Gasteiger partial charge on any atom is 0.354 e. The first-order chi connectivity index (χ1) is 14.0. The molecule has 3 aromatic heterocycles. The minimum atomic E-state index is -1.12. The molecule has 0 radical (unpaired) electrons. The molecule has 1 aromatic carbocycles. The van der Waals surface area contributed by atoms with E-state index >= 15 is 0 Å². The van der Waals surface area contributed by atoms with Gasteiger partial charge in [-0.3, -0.25) is 4.79 Å². The van der Waals surface area contributed by atoms with E-state index < -0.39 is 5.97 Å². The van der Waals surface area contributed by atoms with Crippen molar-refractivity contribution in [3.05, 3.63) is 72.4 Å². The van der Waals surface area contributed by atoms with E-state index in [1.165, 1.54) is 12.4 Å². The molecule has 0 aliphatic carbocycles. The molecule has 4 aromatic rings. The molecule has 2 N–H and O–H groups in total. The molecule has 144 valence electrons. The van der Waals surface area contributed by atoms with E-state index in [4.69, 9.17) is 4.74 Å². The summed E-state index contributed by atoms with van der Waals surface area (Å²) in [5, 5.41) is 9.33. The molecule has 4 rings (SSSR count). The summed E-state index contributed by atoms with van der Waals surface area (Å²) in [7, 11) is 1.57. The fourth-order valence-corrected chi connectivity index (χ4v) is 3.05. The Labute approximate surface area is 165 Å². The largest absolute Gasteiger partial charge is 0.497 e. The zero-order chi connectivity index (χ0) is 20.4. The minimum absolute atomic E-state index is 0.0630. The number of H-pyrrole nitrogens is 1. The number of imidazole rings is 1. The van der Waals surface area contributed by atoms with Crippen molar-refractivity contribution in [1.82, 2.24) is 15.0 Å². The lowest BCUT2D eigenvalue weighted by Crippen LogP contribution is -2.37. The minimum Gasteiger partial charge on any atom is -0.497 e. The van der Waals surface area contributed by atoms with Gasteiger partial charge in [0.15, 0.2) is 18.1 Å². The third-order valence-electron chi connectivity index (χ3n) is 4.50. The normalized spacial score (nSPS) is 10.8. The van der Waals surface area contributed by atoms with E-state index in [-0.39, 0.29) is 18.0 Å². The highest BCUT2D eigenvalue weighted by Crippen LogP contribution is 2.24. The number of ketones is 1. The van der Waals surface area contributed by atoms with Gasteiger partial charge in [0.2, 0.25) is 12.3 Å². The highest BCUT2D eigenvalue weighted by Gasteiger charge is 2.18. The Hall–Kier alpha value is -4.07. The second-order valence-corrected chi connectivity index (χ2v) is 6.38. The van der Waals surface area contributed by atoms with Gasteiger partial charge in [0.05, 0.1) is 24.5 Å². The van der Waals surface area contributed by atoms with Gasteiger partial charge in [-0.25, -0.2) is 14.8 Å². The van der Waals surface area contributed by atoms with Crippen LogP contribution in [-0.2, 0) is 6.54 Å². The molecular formula is C21H17N4O4+. The molecule has 0 fully saturated rings. The smallest absolute Gasteiger partial charge is 0.354 e. The maximum absolute atomic E-state index is 12.6. The summed E-state index contributed by atoms with van der Waals surface area (Å²) in [4.78, 5) is 35.4. The fraction of sp³-hybridized carbons (Fsp3) is 0.0952. The second-order valence-electron chi connectivity index (χ2n) is 6.38. The van der Waals surface area contributed by atoms with Gasteiger partial charge in [0.1, 0.15) is 17.0 Å². The Kier molecular flexibility index (Phi) is 4.74. The predicted octanol–water partition coefficient (Wildman–Crippen LogP) is 2.50. The van der Waals surface area contributed by atoms with Crippen LogP contribution in [0.3, 0.4) is 0 Å². The number of carboxylic acid groups (broad SMARTS) is 1. The number of nitrogens with zero attached hydrogens (tertiary/aromatic N) is 3. The Morgan fingerprint density at radius 1 is 1.21 bits per heavy atom. The zero-order valence-electron chi connectivity index (χ0n) is 15.5. The number of carbonyl (C=O) groups is 2. The monoisotopic (exact) mass is 389 g/mol. The molecule has 8 heteroatoms. The first-order valence-electron chi connectivity index (χ1n) is 8.79. The number of fused-ring (bicyclic) bond motifs is 1. The molecule has 0 atom stereocenters. The Morgan fingerprint density at radius 3 is 2.72 bits per heavy atom. The van der Waals surface area contributed by atoms with Crippen LogP contribution in [0.5, 0.6) is 5.75 Å². The van der Waals surface area contributed by atoms with Gasteiger partial charge in [0.25, 0.3) is 0 Å². The highest BCUT2D eigenvalue weighted by atomic mass is 16.5. The van der Waals surface area contributed by atoms with Crippen molar-refractivity contribution in [1.29, 1.82) is 0 Å². The number of pyridine rings is 2. The number of nitrogens with one attached hydrogen (secondary N) is 1. The number of benzene rings is 1. The van der Waals surface area contributed by atoms with Crippen molar-refractivity contribution in [3.63, 3.8) is 0 Å². The molecule has 0 saturated carbocycles. The summed E-state index contributed by atoms with van der Waals surface area (Å²) >= 11 is 0. The topological polar surface area (TPSA) is 109 Å². The van der Waals surface area contributed by atoms with Crippen molar-refractivity contribution in [3.8, 4) is 17.0 Å². The van der Waals surface area contributed by atoms with Crippen molar-refractivity contribution in [2.45, 2.75) is 6.54 Å². The lowest BCUT2D eigenvalue weighted by molar-refractivity contribution is -0.682. The molecule has 0 bridgehead atoms. The molecule has 0 aliphatic rings. The summed E-state index contributed by atoms with van der Waals surface area (Å²) in [5.74, 6) is -0.503. The van der Waals surface area contributed by atoms with Gasteiger partial charge >= 0.3 is 5.97 Å². The van der Waals surface area contributed by atoms with Gasteiger partial charge in [-0.1, -0.05) is 0 Å². The summed E-state index contributed by atoms with van der Waals surface area (Å²) in [6.07, 6.45) is 5.02. The first kappa shape index (κ1) is 18.3. The Balaban J connectivity index is 1.67. The molecule has 8 nitrogen and oxygen atoms in total. The molecule has 0 aliphatic heterocycles. The fourth-order valence-electron chi connectivity index (χ4n) is 3.05. The van der Waals surface area contributed by atoms with Crippen molar-refractivity contribution in [2.75, 3.05) is 7.11 Å². The van der Waals surface area contributed by atoms with Gasteiger partial charge in [0, 0.05) is 11.6 Å². The predicted molar refractivity (Wildman–Crippen MR) is 104 cm³/mol. The average molecular weight is 389 g/mol. The van der Waals surface area contributed by atoms with Gasteiger partial charge in [-0.05, 0) is 36.4 Å². The lowest BCUT2D eigenvalue weighted by atomic mass is 10.1. The number of carbonyl (C=O) groups excluding carboxylic acids is 1. The third kappa shape index (κ3) is 3.68. The highest BCUT2D eigenvalue weighted by molar-refractivity contribution is 5.96. The van der Waals surface area contributed by atoms with E-state index in [1.54, 1.807) is 60.5 Å². The van der Waals surface area contributed by atoms with Crippen molar-refractivity contribution >= 4 is 22.8 Å². The Bertz CT molecular complexity index is 1220. The van der Waals surface area contributed by atoms with E-state index in [0.717, 1.165) is 0 Å². The van der Waals surface area contributed by atoms with E-state index in [1.807, 2.05) is 0 Å². The number of hydrogen-bond donors (Lipinski definition) is 2. The third-order valence-corrected chi connectivity index (χ3v) is 4.50. The standard InChI is InChI=1S/C21H16N4O4/c1-29-15-6-4-13(5-7-15)18(26)11-25-8-2-3-14(10-25)19-20-16(22-12-23-20)9-17(24-19)21(27)28/h2-10,12H,11H2,1H3,(H-,22,23,24,27,28)/p+1. The molecule has 0 amide bonds. The number of aromatic carboxylic acids is 1. The van der Waals surface area contributed by atoms with E-state index in [0.29, 0.717) is 33.6 Å². The van der Waals surface area contributed by atoms with Crippen LogP contribution in [0.25, 0.3) is 22.3 Å². The summed E-state index contributed by atoms with van der Waals surface area (Å²) in [6.45, 7) is 0.127. The van der Waals surface area contributed by atoms with Crippen LogP contribution >= 0.6 is 0 Å². The van der Waals surface area contributed by atoms with Crippen molar-refractivity contribution in [2.24, 2.45) is 0 Å². The number of carboxylic acids is 1. The van der Waals surface area contributed by atoms with Crippen LogP contribution in [0, 0.1) is 0 Å². The molecule has 3 heterocycles. The summed E-state index contributed by atoms with van der Waals surface area (Å²) < 4.78 is 6.84. The van der Waals surface area contributed by atoms with Crippen LogP contribution in [0.2, 0.25) is 0 Å². The molecule has 0 unspecified atom stereocenters. The van der Waals surface area contributed by atoms with Crippen LogP contribution in [0.4, 0.5) is 0 Å². The van der Waals surface area contributed by atoms with Crippen LogP contribution < -0.4 is 9.30 Å². The molecule has 29 heavy (non-hydrogen) atoms. The molecule has 0 saturated heterocycles. The Morgan fingerprint density at radius 2 is 2.00 bits per heavy atom. The van der Waals surface area contributed by atoms with Gasteiger partial charge < -0.3 is 14.8 Å². The number of rotatable bonds is 6. The number of aromatic amines is 1. The van der Waals surface area contributed by atoms with Crippen LogP contribution in [-0.4, -0.2) is 38.9 Å². The number of aromatic nitrogens is 4. The van der Waals surface area contributed by atoms with Gasteiger partial charge in [-0.15, -0.1) is 0 Å². The van der Waals surface area contributed by atoms with Gasteiger partial charge in [-0.2, -0.15) is 4.57 Å². The quantitative estimate of drug-likeness (QED) is 0.387. The average Bonchev–Trinajstić information content (AvgIpc) is 3.22. The first-order valence-corrected chi connectivity index (χ1v) is 8.79. The van der Waals surface area contributed by atoms with Crippen LogP contribution in [0.1, 0.15) is 20.8 Å². The molecular weight excluding hydrogens is 372 g/mol. The maximum atomic E-state index is 12.6. The second kappa shape index (κ2) is 7.51.